The van der Waals surface area contributed by atoms with Crippen molar-refractivity contribution in [3.8, 4) is 22.1 Å². The lowest BCUT2D eigenvalue weighted by Gasteiger charge is -2.10. The fourth-order valence-corrected chi connectivity index (χ4v) is 3.14. The molecule has 0 amide bonds. The number of carboxylic acids is 1. The average molecular weight is 369 g/mol. The second kappa shape index (κ2) is 8.01. The van der Waals surface area contributed by atoms with Gasteiger partial charge in [0, 0.05) is 10.9 Å². The maximum atomic E-state index is 10.9. The molecule has 0 aliphatic rings. The van der Waals surface area contributed by atoms with E-state index in [1.54, 1.807) is 0 Å². The van der Waals surface area contributed by atoms with Gasteiger partial charge in [-0.25, -0.2) is 9.78 Å². The number of aromatic carboxylic acids is 1. The molecule has 3 rings (SSSR count). The highest BCUT2D eigenvalue weighted by atomic mass is 32.1. The first-order chi connectivity index (χ1) is 12.5. The normalized spacial score (nSPS) is 10.5. The summed E-state index contributed by atoms with van der Waals surface area (Å²) in [7, 11) is 0. The highest BCUT2D eigenvalue weighted by Gasteiger charge is 2.10. The minimum absolute atomic E-state index is 0.0538. The Morgan fingerprint density at radius 1 is 1.04 bits per heavy atom. The molecule has 0 saturated carbocycles. The van der Waals surface area contributed by atoms with Crippen LogP contribution in [0.3, 0.4) is 0 Å². The number of carboxylic acid groups (broad SMARTS) is 1. The van der Waals surface area contributed by atoms with Crippen LogP contribution in [0.15, 0.2) is 47.8 Å². The molecule has 1 heterocycles. The number of nitrogens with zero attached hydrogens (tertiary/aromatic N) is 1. The molecule has 5 nitrogen and oxygen atoms in total. The molecule has 26 heavy (non-hydrogen) atoms. The molecule has 0 aliphatic heterocycles. The number of aromatic nitrogens is 1. The first-order valence-electron chi connectivity index (χ1n) is 8.15. The third-order valence-corrected chi connectivity index (χ3v) is 4.79. The maximum absolute atomic E-state index is 10.9. The number of ether oxygens (including phenoxy) is 2. The minimum Gasteiger partial charge on any atom is -0.490 e. The molecule has 1 N–H and O–H groups in total. The van der Waals surface area contributed by atoms with Crippen molar-refractivity contribution in [3.63, 3.8) is 0 Å². The van der Waals surface area contributed by atoms with E-state index in [4.69, 9.17) is 14.6 Å². The van der Waals surface area contributed by atoms with Crippen LogP contribution in [-0.2, 0) is 0 Å². The van der Waals surface area contributed by atoms with E-state index in [2.05, 4.69) is 18.8 Å². The largest absolute Gasteiger partial charge is 0.490 e. The lowest BCUT2D eigenvalue weighted by molar-refractivity contribution is 0.0691. The number of carbonyl (C=O) groups is 1. The van der Waals surface area contributed by atoms with Crippen LogP contribution >= 0.6 is 11.3 Å². The predicted molar refractivity (Wildman–Crippen MR) is 101 cm³/mol. The van der Waals surface area contributed by atoms with Gasteiger partial charge in [0.25, 0.3) is 0 Å². The zero-order chi connectivity index (χ0) is 18.5. The molecule has 0 spiro atoms. The number of thiazole rings is 1. The summed E-state index contributed by atoms with van der Waals surface area (Å²) in [6.45, 7) is 4.97. The topological polar surface area (TPSA) is 68.7 Å². The van der Waals surface area contributed by atoms with Crippen molar-refractivity contribution in [3.05, 3.63) is 64.7 Å². The Hall–Kier alpha value is -2.86. The van der Waals surface area contributed by atoms with Crippen LogP contribution in [0.1, 0.15) is 21.6 Å². The zero-order valence-electron chi connectivity index (χ0n) is 14.6. The predicted octanol–water partition coefficient (Wildman–Crippen LogP) is 4.58. The number of hydrogen-bond acceptors (Lipinski definition) is 5. The second-order valence-corrected chi connectivity index (χ2v) is 6.67. The van der Waals surface area contributed by atoms with E-state index >= 15 is 0 Å². The maximum Gasteiger partial charge on any atom is 0.355 e. The molecule has 0 radical (unpaired) electrons. The Balaban J connectivity index is 1.56. The van der Waals surface area contributed by atoms with Gasteiger partial charge in [-0.2, -0.15) is 0 Å². The highest BCUT2D eigenvalue weighted by Crippen LogP contribution is 2.27. The Labute approximate surface area is 155 Å². The molecule has 0 saturated heterocycles. The van der Waals surface area contributed by atoms with E-state index in [-0.39, 0.29) is 5.69 Å². The summed E-state index contributed by atoms with van der Waals surface area (Å²) in [5.41, 5.74) is 3.31. The van der Waals surface area contributed by atoms with E-state index in [9.17, 15) is 4.79 Å². The Morgan fingerprint density at radius 2 is 1.77 bits per heavy atom. The van der Waals surface area contributed by atoms with Crippen LogP contribution in [-0.4, -0.2) is 29.3 Å². The van der Waals surface area contributed by atoms with Crippen LogP contribution in [0.25, 0.3) is 10.6 Å². The molecular weight excluding hydrogens is 350 g/mol. The monoisotopic (exact) mass is 369 g/mol. The van der Waals surface area contributed by atoms with Crippen molar-refractivity contribution in [2.24, 2.45) is 0 Å². The summed E-state index contributed by atoms with van der Waals surface area (Å²) in [5.74, 6) is 0.496. The smallest absolute Gasteiger partial charge is 0.355 e. The van der Waals surface area contributed by atoms with Crippen LogP contribution in [0.4, 0.5) is 0 Å². The minimum atomic E-state index is -1.02. The number of hydrogen-bond donors (Lipinski definition) is 1. The van der Waals surface area contributed by atoms with Crippen LogP contribution < -0.4 is 9.47 Å². The Kier molecular flexibility index (Phi) is 5.53. The molecule has 6 heteroatoms. The standard InChI is InChI=1S/C20H19NO4S/c1-13-6-7-17(10-14(13)2)25-9-8-24-16-5-3-4-15(11-16)19-21-18(12-26-19)20(22)23/h3-7,10-12H,8-9H2,1-2H3,(H,22,23). The molecule has 0 bridgehead atoms. The van der Waals surface area contributed by atoms with Crippen molar-refractivity contribution >= 4 is 17.3 Å². The molecule has 134 valence electrons. The highest BCUT2D eigenvalue weighted by molar-refractivity contribution is 7.13. The van der Waals surface area contributed by atoms with Crippen molar-refractivity contribution in [2.75, 3.05) is 13.2 Å². The summed E-state index contributed by atoms with van der Waals surface area (Å²) in [4.78, 5) is 15.1. The van der Waals surface area contributed by atoms with Gasteiger partial charge in [0.2, 0.25) is 0 Å². The van der Waals surface area contributed by atoms with Crippen LogP contribution in [0.2, 0.25) is 0 Å². The van der Waals surface area contributed by atoms with Gasteiger partial charge in [0.15, 0.2) is 5.69 Å². The Bertz CT molecular complexity index is 920. The number of aryl methyl sites for hydroxylation is 2. The summed E-state index contributed by atoms with van der Waals surface area (Å²) >= 11 is 1.30. The fraction of sp³-hybridized carbons (Fsp3) is 0.200. The lowest BCUT2D eigenvalue weighted by Crippen LogP contribution is -2.09. The van der Waals surface area contributed by atoms with E-state index in [1.807, 2.05) is 42.5 Å². The van der Waals surface area contributed by atoms with Crippen LogP contribution in [0.5, 0.6) is 11.5 Å². The van der Waals surface area contributed by atoms with Crippen molar-refractivity contribution in [1.29, 1.82) is 0 Å². The number of rotatable bonds is 7. The molecule has 0 fully saturated rings. The van der Waals surface area contributed by atoms with E-state index in [1.165, 1.54) is 27.8 Å². The van der Waals surface area contributed by atoms with E-state index in [0.29, 0.717) is 24.0 Å². The summed E-state index contributed by atoms with van der Waals surface area (Å²) in [5, 5.41) is 11.2. The van der Waals surface area contributed by atoms with Gasteiger partial charge >= 0.3 is 5.97 Å². The Morgan fingerprint density at radius 3 is 2.42 bits per heavy atom. The molecule has 0 unspecified atom stereocenters. The molecular formula is C20H19NO4S. The first-order valence-corrected chi connectivity index (χ1v) is 9.03. The third kappa shape index (κ3) is 4.40. The first kappa shape index (κ1) is 17.9. The molecule has 1 aromatic heterocycles. The van der Waals surface area contributed by atoms with Crippen molar-refractivity contribution in [2.45, 2.75) is 13.8 Å². The van der Waals surface area contributed by atoms with E-state index < -0.39 is 5.97 Å². The summed E-state index contributed by atoms with van der Waals surface area (Å²) < 4.78 is 11.4. The van der Waals surface area contributed by atoms with Gasteiger partial charge in [-0.3, -0.25) is 0 Å². The van der Waals surface area contributed by atoms with Gasteiger partial charge < -0.3 is 14.6 Å². The van der Waals surface area contributed by atoms with Gasteiger partial charge in [-0.15, -0.1) is 11.3 Å². The van der Waals surface area contributed by atoms with Crippen molar-refractivity contribution in [1.82, 2.24) is 4.98 Å². The van der Waals surface area contributed by atoms with Gasteiger partial charge in [-0.1, -0.05) is 18.2 Å². The second-order valence-electron chi connectivity index (χ2n) is 5.81. The van der Waals surface area contributed by atoms with Gasteiger partial charge in [0.1, 0.15) is 29.7 Å². The fourth-order valence-electron chi connectivity index (χ4n) is 2.35. The van der Waals surface area contributed by atoms with E-state index in [0.717, 1.165) is 11.3 Å². The molecule has 3 aromatic rings. The third-order valence-electron chi connectivity index (χ3n) is 3.90. The quantitative estimate of drug-likeness (QED) is 0.617. The average Bonchev–Trinajstić information content (AvgIpc) is 3.12. The zero-order valence-corrected chi connectivity index (χ0v) is 15.4. The summed E-state index contributed by atoms with van der Waals surface area (Å²) in [6.07, 6.45) is 0. The summed E-state index contributed by atoms with van der Waals surface area (Å²) in [6, 6.07) is 13.4. The number of benzene rings is 2. The van der Waals surface area contributed by atoms with Gasteiger partial charge in [0.05, 0.1) is 0 Å². The molecule has 2 aromatic carbocycles. The van der Waals surface area contributed by atoms with Gasteiger partial charge in [-0.05, 0) is 49.2 Å². The van der Waals surface area contributed by atoms with Crippen LogP contribution in [0, 0.1) is 13.8 Å². The molecule has 0 aliphatic carbocycles. The van der Waals surface area contributed by atoms with Crippen molar-refractivity contribution < 1.29 is 19.4 Å². The SMILES string of the molecule is Cc1ccc(OCCOc2cccc(-c3nc(C(=O)O)cs3)c2)cc1C. The molecule has 0 atom stereocenters. The lowest BCUT2D eigenvalue weighted by atomic mass is 10.1.